The summed E-state index contributed by atoms with van der Waals surface area (Å²) in [7, 11) is 11.4. The zero-order chi connectivity index (χ0) is 75.4. The number of ether oxygens (including phenoxy) is 11. The van der Waals surface area contributed by atoms with E-state index in [1.54, 1.807) is 67.3 Å². The SMILES string of the molecule is C=C(OCCCC)c1ccc2cc(OC)ccc2c1.C=COCCCC.CCCCO/C=C/c1ccc2cc(OC)ccc2c1.CCCCO/C=C\c1ccc2cc(OC)ccc2c1.COC(=O)c1ccc2cc(OC)ccc2c1.COc1ccc2cc(Br)ccc2c1.COc1ccc2ccccc2c1. The predicted octanol–water partition coefficient (Wildman–Crippen LogP) is 24.9. The molecule has 0 heterocycles. The Balaban J connectivity index is 0.000000195. The first-order valence-corrected chi connectivity index (χ1v) is 36.3. The van der Waals surface area contributed by atoms with Crippen molar-refractivity contribution in [2.45, 2.75) is 79.1 Å². The van der Waals surface area contributed by atoms with Crippen LogP contribution in [-0.2, 0) is 23.7 Å². The van der Waals surface area contributed by atoms with Gasteiger partial charge in [0.05, 0.1) is 101 Å². The van der Waals surface area contributed by atoms with Gasteiger partial charge < -0.3 is 52.1 Å². The normalized spacial score (nSPS) is 10.4. The first kappa shape index (κ1) is 83.1. The molecule has 0 atom stereocenters. The number of fused-ring (bicyclic) bond motifs is 6. The van der Waals surface area contributed by atoms with E-state index in [4.69, 9.17) is 47.4 Å². The zero-order valence-electron chi connectivity index (χ0n) is 62.9. The van der Waals surface area contributed by atoms with Gasteiger partial charge >= 0.3 is 5.97 Å². The highest BCUT2D eigenvalue weighted by Gasteiger charge is 2.08. The molecular formula is C92H103BrO12. The predicted molar refractivity (Wildman–Crippen MR) is 443 cm³/mol. The maximum absolute atomic E-state index is 11.3. The fourth-order valence-electron chi connectivity index (χ4n) is 10.3. The highest BCUT2D eigenvalue weighted by molar-refractivity contribution is 9.10. The van der Waals surface area contributed by atoms with Gasteiger partial charge in [-0.3, -0.25) is 0 Å². The maximum Gasteiger partial charge on any atom is 0.337 e. The Hall–Kier alpha value is -10.9. The Morgan fingerprint density at radius 2 is 0.648 bits per heavy atom. The topological polar surface area (TPSA) is 119 Å². The molecule has 105 heavy (non-hydrogen) atoms. The minimum Gasteiger partial charge on any atom is -0.502 e. The van der Waals surface area contributed by atoms with Crippen LogP contribution in [0.5, 0.6) is 34.5 Å². The Labute approximate surface area is 630 Å². The minimum absolute atomic E-state index is 0.322. The van der Waals surface area contributed by atoms with Crippen molar-refractivity contribution in [3.05, 3.63) is 283 Å². The third-order valence-corrected chi connectivity index (χ3v) is 16.9. The van der Waals surface area contributed by atoms with Gasteiger partial charge in [-0.15, -0.1) is 0 Å². The molecule has 0 aliphatic heterocycles. The van der Waals surface area contributed by atoms with Crippen molar-refractivity contribution in [1.82, 2.24) is 0 Å². The molecule has 0 aromatic heterocycles. The molecule has 0 spiro atoms. The van der Waals surface area contributed by atoms with Crippen molar-refractivity contribution in [3.8, 4) is 34.5 Å². The number of benzene rings is 12. The highest BCUT2D eigenvalue weighted by atomic mass is 79.9. The molecule has 0 N–H and O–H groups in total. The quantitative estimate of drug-likeness (QED) is 0.0292. The van der Waals surface area contributed by atoms with E-state index in [-0.39, 0.29) is 5.97 Å². The van der Waals surface area contributed by atoms with E-state index in [0.717, 1.165) is 149 Å². The highest BCUT2D eigenvalue weighted by Crippen LogP contribution is 2.29. The first-order valence-electron chi connectivity index (χ1n) is 35.5. The number of esters is 1. The fourth-order valence-corrected chi connectivity index (χ4v) is 10.6. The maximum atomic E-state index is 11.3. The summed E-state index contributed by atoms with van der Waals surface area (Å²) in [5.41, 5.74) is 3.89. The molecule has 0 fully saturated rings. The monoisotopic (exact) mass is 1480 g/mol. The molecule has 0 amide bonds. The summed E-state index contributed by atoms with van der Waals surface area (Å²) < 4.78 is 58.2. The van der Waals surface area contributed by atoms with Crippen LogP contribution in [-0.4, -0.2) is 82.2 Å². The Morgan fingerprint density at radius 3 is 1.04 bits per heavy atom. The lowest BCUT2D eigenvalue weighted by Crippen LogP contribution is -2.00. The number of hydrogen-bond acceptors (Lipinski definition) is 12. The molecule has 0 aliphatic rings. The molecule has 0 unspecified atom stereocenters. The molecule has 0 radical (unpaired) electrons. The van der Waals surface area contributed by atoms with Crippen molar-refractivity contribution in [2.24, 2.45) is 0 Å². The number of rotatable bonds is 26. The van der Waals surface area contributed by atoms with Gasteiger partial charge in [0, 0.05) is 10.0 Å². The molecule has 0 aliphatic carbocycles. The van der Waals surface area contributed by atoms with Crippen molar-refractivity contribution in [3.63, 3.8) is 0 Å². The third kappa shape index (κ3) is 28.7. The summed E-state index contributed by atoms with van der Waals surface area (Å²) in [5.74, 6) is 5.68. The lowest BCUT2D eigenvalue weighted by atomic mass is 10.1. The molecule has 0 saturated carbocycles. The second kappa shape index (κ2) is 47.4. The number of methoxy groups -OCH3 is 7. The number of carbonyl (C=O) groups is 1. The summed E-state index contributed by atoms with van der Waals surface area (Å²) in [5, 5.41) is 14.0. The van der Waals surface area contributed by atoms with Gasteiger partial charge in [-0.05, 0) is 229 Å². The molecule has 550 valence electrons. The minimum atomic E-state index is -0.322. The van der Waals surface area contributed by atoms with Crippen LogP contribution in [0.25, 0.3) is 82.5 Å². The van der Waals surface area contributed by atoms with Crippen molar-refractivity contribution in [1.29, 1.82) is 0 Å². The van der Waals surface area contributed by atoms with Gasteiger partial charge in [0.25, 0.3) is 0 Å². The molecule has 0 saturated heterocycles. The van der Waals surface area contributed by atoms with Crippen LogP contribution in [0, 0.1) is 0 Å². The molecule has 13 heteroatoms. The van der Waals surface area contributed by atoms with Gasteiger partial charge in [-0.1, -0.05) is 192 Å². The Bertz CT molecular complexity index is 4570. The summed E-state index contributed by atoms with van der Waals surface area (Å²) in [6, 6.07) is 74.8. The number of carbonyl (C=O) groups excluding carboxylic acids is 1. The van der Waals surface area contributed by atoms with E-state index in [1.807, 2.05) is 121 Å². The second-order valence-electron chi connectivity index (χ2n) is 23.9. The van der Waals surface area contributed by atoms with E-state index in [2.05, 4.69) is 165 Å². The first-order chi connectivity index (χ1) is 51.2. The van der Waals surface area contributed by atoms with E-state index >= 15 is 0 Å². The summed E-state index contributed by atoms with van der Waals surface area (Å²) >= 11 is 3.44. The smallest absolute Gasteiger partial charge is 0.337 e. The number of hydrogen-bond donors (Lipinski definition) is 0. The van der Waals surface area contributed by atoms with E-state index < -0.39 is 0 Å². The van der Waals surface area contributed by atoms with E-state index in [9.17, 15) is 4.79 Å². The standard InChI is InChI=1S/3C17H20O2.C13H12O3.C11H9BrO.C11H10O.C6H12O/c1-4-5-10-19-13(2)14-6-7-16-12-17(18-3)9-8-15(16)11-14;2*1-3-4-10-19-11-9-14-5-6-16-13-17(18-2)8-7-15(16)12-14;1-15-12-6-5-9-7-11(13(14)16-2)4-3-10(9)8-12;1-13-11-5-3-8-6-10(12)4-2-9(8)7-11;1-12-11-7-6-9-4-2-3-5-10(9)8-11;1-3-5-6-7-4-2/h6-9,11-12H,2,4-5,10H2,1,3H3;2*5-9,11-13H,3-4,10H2,1-2H3;3-8H,1-2H3;2-7H,1H3;2-8H,1H3;4H,2-3,5-6H2,1H3/b;11-9+;11-9-;;;;. The molecule has 12 nitrogen and oxygen atoms in total. The zero-order valence-corrected chi connectivity index (χ0v) is 64.5. The largest absolute Gasteiger partial charge is 0.502 e. The van der Waals surface area contributed by atoms with Crippen molar-refractivity contribution >= 4 is 104 Å². The Kier molecular flexibility index (Phi) is 37.5. The number of halogens is 1. The lowest BCUT2D eigenvalue weighted by molar-refractivity contribution is 0.0600. The summed E-state index contributed by atoms with van der Waals surface area (Å²) in [6.45, 7) is 19.1. The van der Waals surface area contributed by atoms with Crippen LogP contribution >= 0.6 is 15.9 Å². The lowest BCUT2D eigenvalue weighted by Gasteiger charge is -2.10. The second-order valence-corrected chi connectivity index (χ2v) is 24.8. The van der Waals surface area contributed by atoms with Crippen LogP contribution < -0.4 is 28.4 Å². The fraction of sp³-hybridized carbons (Fsp3) is 0.250. The van der Waals surface area contributed by atoms with E-state index in [1.165, 1.54) is 68.3 Å². The van der Waals surface area contributed by atoms with Crippen LogP contribution in [0.1, 0.15) is 106 Å². The number of unbranched alkanes of at least 4 members (excludes halogenated alkanes) is 4. The Morgan fingerprint density at radius 1 is 0.343 bits per heavy atom. The van der Waals surface area contributed by atoms with E-state index in [0.29, 0.717) is 5.56 Å². The molecular weight excluding hydrogens is 1380 g/mol. The third-order valence-electron chi connectivity index (χ3n) is 16.4. The van der Waals surface area contributed by atoms with Gasteiger partial charge in [-0.2, -0.15) is 0 Å². The molecule has 12 aromatic carbocycles. The summed E-state index contributed by atoms with van der Waals surface area (Å²) in [4.78, 5) is 11.3. The van der Waals surface area contributed by atoms with Crippen LogP contribution in [0.4, 0.5) is 0 Å². The van der Waals surface area contributed by atoms with Crippen LogP contribution in [0.3, 0.4) is 0 Å². The van der Waals surface area contributed by atoms with Gasteiger partial charge in [0.1, 0.15) is 40.3 Å². The summed E-state index contributed by atoms with van der Waals surface area (Å²) in [6.07, 6.45) is 18.1. The van der Waals surface area contributed by atoms with Gasteiger partial charge in [0.15, 0.2) is 0 Å². The molecule has 12 rings (SSSR count). The van der Waals surface area contributed by atoms with Crippen molar-refractivity contribution in [2.75, 3.05) is 76.2 Å². The van der Waals surface area contributed by atoms with Crippen LogP contribution in [0.2, 0.25) is 0 Å². The van der Waals surface area contributed by atoms with Gasteiger partial charge in [-0.25, -0.2) is 4.79 Å². The molecule has 12 aromatic rings. The average molecular weight is 1480 g/mol. The van der Waals surface area contributed by atoms with Crippen LogP contribution in [0.15, 0.2) is 261 Å². The van der Waals surface area contributed by atoms with Gasteiger partial charge in [0.2, 0.25) is 0 Å². The molecule has 0 bridgehead atoms. The average Bonchev–Trinajstić information content (AvgIpc) is 1.81. The van der Waals surface area contributed by atoms with Crippen molar-refractivity contribution < 1.29 is 56.9 Å².